The van der Waals surface area contributed by atoms with Gasteiger partial charge in [0.25, 0.3) is 5.91 Å². The number of rotatable bonds is 3. The summed E-state index contributed by atoms with van der Waals surface area (Å²) < 4.78 is 43.9. The number of nitrogens with zero attached hydrogens (tertiary/aromatic N) is 3. The predicted molar refractivity (Wildman–Crippen MR) is 64.7 cm³/mol. The van der Waals surface area contributed by atoms with Gasteiger partial charge in [-0.1, -0.05) is 0 Å². The van der Waals surface area contributed by atoms with Crippen molar-refractivity contribution in [1.29, 1.82) is 0 Å². The van der Waals surface area contributed by atoms with Crippen molar-refractivity contribution in [1.82, 2.24) is 14.9 Å². The highest BCUT2D eigenvalue weighted by Gasteiger charge is 2.58. The Morgan fingerprint density at radius 2 is 2.29 bits per heavy atom. The molecule has 1 saturated heterocycles. The standard InChI is InChI=1S/C12H14F3N3O3/c1-21-10-16-4-2-8(17-10)9(20)18-5-3-11(6-18,7-19)12(13,14)15/h2,4,19H,3,5-7H2,1H3. The molecule has 1 aliphatic heterocycles. The SMILES string of the molecule is COc1nccc(C(=O)N2CCC(CO)(C(F)(F)F)C2)n1. The Labute approximate surface area is 118 Å². The van der Waals surface area contributed by atoms with Gasteiger partial charge in [0.15, 0.2) is 0 Å². The monoisotopic (exact) mass is 305 g/mol. The highest BCUT2D eigenvalue weighted by atomic mass is 19.4. The number of likely N-dealkylation sites (tertiary alicyclic amines) is 1. The summed E-state index contributed by atoms with van der Waals surface area (Å²) in [7, 11) is 1.32. The van der Waals surface area contributed by atoms with Gasteiger partial charge in [-0.3, -0.25) is 4.79 Å². The van der Waals surface area contributed by atoms with Crippen molar-refractivity contribution in [3.63, 3.8) is 0 Å². The molecule has 1 atom stereocenters. The molecular formula is C12H14F3N3O3. The van der Waals surface area contributed by atoms with E-state index in [0.717, 1.165) is 4.90 Å². The van der Waals surface area contributed by atoms with Crippen LogP contribution in [0.15, 0.2) is 12.3 Å². The van der Waals surface area contributed by atoms with Crippen molar-refractivity contribution in [3.05, 3.63) is 18.0 Å². The van der Waals surface area contributed by atoms with Crippen LogP contribution < -0.4 is 4.74 Å². The summed E-state index contributed by atoms with van der Waals surface area (Å²) in [5, 5.41) is 9.10. The quantitative estimate of drug-likeness (QED) is 0.897. The molecule has 2 rings (SSSR count). The van der Waals surface area contributed by atoms with Crippen LogP contribution in [0.1, 0.15) is 16.9 Å². The molecule has 2 heterocycles. The Morgan fingerprint density at radius 1 is 1.57 bits per heavy atom. The van der Waals surface area contributed by atoms with E-state index in [1.54, 1.807) is 0 Å². The largest absolute Gasteiger partial charge is 0.467 e. The molecule has 1 N–H and O–H groups in total. The van der Waals surface area contributed by atoms with Crippen molar-refractivity contribution in [2.45, 2.75) is 12.6 Å². The van der Waals surface area contributed by atoms with E-state index in [4.69, 9.17) is 9.84 Å². The maximum Gasteiger partial charge on any atom is 0.398 e. The third kappa shape index (κ3) is 2.78. The number of alkyl halides is 3. The first kappa shape index (κ1) is 15.5. The van der Waals surface area contributed by atoms with E-state index < -0.39 is 30.7 Å². The van der Waals surface area contributed by atoms with Gasteiger partial charge in [-0.15, -0.1) is 0 Å². The highest BCUT2D eigenvalue weighted by Crippen LogP contribution is 2.45. The number of aromatic nitrogens is 2. The van der Waals surface area contributed by atoms with Gasteiger partial charge in [-0.2, -0.15) is 18.2 Å². The smallest absolute Gasteiger partial charge is 0.398 e. The molecular weight excluding hydrogens is 291 g/mol. The van der Waals surface area contributed by atoms with Crippen LogP contribution in [0.3, 0.4) is 0 Å². The third-order valence-corrected chi connectivity index (χ3v) is 3.58. The number of hydrogen-bond acceptors (Lipinski definition) is 5. The van der Waals surface area contributed by atoms with E-state index in [2.05, 4.69) is 9.97 Å². The summed E-state index contributed by atoms with van der Waals surface area (Å²) in [6.07, 6.45) is -3.61. The summed E-state index contributed by atoms with van der Waals surface area (Å²) in [6, 6.07) is 1.27. The van der Waals surface area contributed by atoms with Crippen LogP contribution in [-0.2, 0) is 0 Å². The van der Waals surface area contributed by atoms with Crippen molar-refractivity contribution in [2.24, 2.45) is 5.41 Å². The fraction of sp³-hybridized carbons (Fsp3) is 0.583. The lowest BCUT2D eigenvalue weighted by molar-refractivity contribution is -0.229. The zero-order chi connectivity index (χ0) is 15.7. The van der Waals surface area contributed by atoms with Gasteiger partial charge in [0, 0.05) is 19.3 Å². The molecule has 9 heteroatoms. The number of aliphatic hydroxyl groups is 1. The Kier molecular flexibility index (Phi) is 4.04. The zero-order valence-corrected chi connectivity index (χ0v) is 11.2. The maximum atomic E-state index is 13.0. The summed E-state index contributed by atoms with van der Waals surface area (Å²) in [5.41, 5.74) is -2.31. The van der Waals surface area contributed by atoms with Gasteiger partial charge in [0.05, 0.1) is 13.7 Å². The average molecular weight is 305 g/mol. The van der Waals surface area contributed by atoms with Gasteiger partial charge in [-0.25, -0.2) is 4.98 Å². The number of hydrogen-bond donors (Lipinski definition) is 1. The Morgan fingerprint density at radius 3 is 2.81 bits per heavy atom. The molecule has 6 nitrogen and oxygen atoms in total. The Bertz CT molecular complexity index is 538. The molecule has 1 aromatic rings. The number of amides is 1. The number of halogens is 3. The van der Waals surface area contributed by atoms with Gasteiger partial charge < -0.3 is 14.7 Å². The van der Waals surface area contributed by atoms with E-state index in [9.17, 15) is 18.0 Å². The van der Waals surface area contributed by atoms with Crippen LogP contribution in [0.25, 0.3) is 0 Å². The molecule has 0 aliphatic carbocycles. The topological polar surface area (TPSA) is 75.5 Å². The number of carbonyl (C=O) groups is 1. The molecule has 1 aliphatic rings. The fourth-order valence-electron chi connectivity index (χ4n) is 2.22. The minimum Gasteiger partial charge on any atom is -0.467 e. The third-order valence-electron chi connectivity index (χ3n) is 3.58. The van der Waals surface area contributed by atoms with E-state index in [1.165, 1.54) is 19.4 Å². The van der Waals surface area contributed by atoms with Crippen molar-refractivity contribution >= 4 is 5.91 Å². The average Bonchev–Trinajstić information content (AvgIpc) is 2.92. The lowest BCUT2D eigenvalue weighted by atomic mass is 9.87. The van der Waals surface area contributed by atoms with Gasteiger partial charge in [0.1, 0.15) is 11.1 Å². The van der Waals surface area contributed by atoms with E-state index in [1.807, 2.05) is 0 Å². The molecule has 116 valence electrons. The number of ether oxygens (including phenoxy) is 1. The highest BCUT2D eigenvalue weighted by molar-refractivity contribution is 5.92. The van der Waals surface area contributed by atoms with Crippen LogP contribution in [0, 0.1) is 5.41 Å². The minimum absolute atomic E-state index is 0.0377. The summed E-state index contributed by atoms with van der Waals surface area (Å²) in [6.45, 7) is -1.73. The second-order valence-electron chi connectivity index (χ2n) is 4.84. The summed E-state index contributed by atoms with van der Waals surface area (Å²) in [4.78, 5) is 20.7. The molecule has 0 saturated carbocycles. The van der Waals surface area contributed by atoms with Crippen molar-refractivity contribution < 1.29 is 27.8 Å². The second kappa shape index (κ2) is 5.47. The molecule has 1 unspecified atom stereocenters. The predicted octanol–water partition coefficient (Wildman–Crippen LogP) is 0.872. The van der Waals surface area contributed by atoms with E-state index >= 15 is 0 Å². The maximum absolute atomic E-state index is 13.0. The van der Waals surface area contributed by atoms with E-state index in [0.29, 0.717) is 0 Å². The first-order valence-electron chi connectivity index (χ1n) is 6.17. The van der Waals surface area contributed by atoms with Crippen LogP contribution >= 0.6 is 0 Å². The van der Waals surface area contributed by atoms with Crippen molar-refractivity contribution in [2.75, 3.05) is 26.8 Å². The molecule has 21 heavy (non-hydrogen) atoms. The zero-order valence-electron chi connectivity index (χ0n) is 11.2. The van der Waals surface area contributed by atoms with Gasteiger partial charge >= 0.3 is 12.2 Å². The summed E-state index contributed by atoms with van der Waals surface area (Å²) >= 11 is 0. The molecule has 1 amide bonds. The number of aliphatic hydroxyl groups excluding tert-OH is 1. The lowest BCUT2D eigenvalue weighted by Gasteiger charge is -2.29. The fourth-order valence-corrected chi connectivity index (χ4v) is 2.22. The van der Waals surface area contributed by atoms with Crippen LogP contribution in [0.5, 0.6) is 6.01 Å². The number of methoxy groups -OCH3 is 1. The van der Waals surface area contributed by atoms with Gasteiger partial charge in [0.2, 0.25) is 0 Å². The molecule has 0 spiro atoms. The van der Waals surface area contributed by atoms with Gasteiger partial charge in [-0.05, 0) is 12.5 Å². The normalized spacial score (nSPS) is 22.4. The van der Waals surface area contributed by atoms with Crippen LogP contribution in [0.4, 0.5) is 13.2 Å². The Balaban J connectivity index is 2.19. The van der Waals surface area contributed by atoms with Crippen LogP contribution in [0.2, 0.25) is 0 Å². The van der Waals surface area contributed by atoms with Crippen molar-refractivity contribution in [3.8, 4) is 6.01 Å². The van der Waals surface area contributed by atoms with E-state index in [-0.39, 0.29) is 24.7 Å². The molecule has 0 bridgehead atoms. The minimum atomic E-state index is -4.57. The molecule has 1 fully saturated rings. The number of carbonyl (C=O) groups excluding carboxylic acids is 1. The van der Waals surface area contributed by atoms with Crippen LogP contribution in [-0.4, -0.2) is 58.9 Å². The first-order chi connectivity index (χ1) is 9.83. The Hall–Kier alpha value is -1.90. The molecule has 1 aromatic heterocycles. The summed E-state index contributed by atoms with van der Waals surface area (Å²) in [5.74, 6) is -0.643. The molecule has 0 radical (unpaired) electrons. The molecule has 0 aromatic carbocycles. The lowest BCUT2D eigenvalue weighted by Crippen LogP contribution is -2.44. The second-order valence-corrected chi connectivity index (χ2v) is 4.84. The first-order valence-corrected chi connectivity index (χ1v) is 6.17.